The Morgan fingerprint density at radius 3 is 2.35 bits per heavy atom. The Balaban J connectivity index is 2.47. The molecule has 8 heteroatoms. The van der Waals surface area contributed by atoms with Gasteiger partial charge in [-0.2, -0.15) is 13.2 Å². The molecular weight excluding hydrogens is 425 g/mol. The van der Waals surface area contributed by atoms with Gasteiger partial charge in [-0.05, 0) is 30.0 Å². The topological polar surface area (TPSA) is 76.2 Å². The molecule has 0 spiro atoms. The number of carboxylic acids is 1. The third-order valence-corrected chi connectivity index (χ3v) is 6.37. The maximum Gasteiger partial charge on any atom is 0.416 e. The number of alkyl halides is 3. The molecule has 1 aromatic heterocycles. The van der Waals surface area contributed by atoms with E-state index in [4.69, 9.17) is 5.73 Å². The maximum absolute atomic E-state index is 13.4. The van der Waals surface area contributed by atoms with Gasteiger partial charge in [0.2, 0.25) is 0 Å². The van der Waals surface area contributed by atoms with Gasteiger partial charge in [0, 0.05) is 10.9 Å². The number of hydrogen-bond acceptors (Lipinski definition) is 4. The summed E-state index contributed by atoms with van der Waals surface area (Å²) in [5.41, 5.74) is 4.61. The first-order valence-electron chi connectivity index (χ1n) is 10.7. The van der Waals surface area contributed by atoms with Crippen molar-refractivity contribution in [2.75, 3.05) is 0 Å². The first-order valence-corrected chi connectivity index (χ1v) is 11.6. The Hall–Kier alpha value is -1.93. The van der Waals surface area contributed by atoms with Gasteiger partial charge in [0.05, 0.1) is 11.3 Å². The van der Waals surface area contributed by atoms with Gasteiger partial charge in [-0.1, -0.05) is 65.4 Å². The lowest BCUT2D eigenvalue weighted by Crippen LogP contribution is -2.45. The number of nitrogens with zero attached hydrogens (tertiary/aromatic N) is 1. The van der Waals surface area contributed by atoms with Crippen molar-refractivity contribution in [3.63, 3.8) is 0 Å². The number of rotatable bonds is 11. The molecule has 3 N–H and O–H groups in total. The average molecular weight is 457 g/mol. The van der Waals surface area contributed by atoms with Crippen molar-refractivity contribution in [3.05, 3.63) is 40.4 Å². The van der Waals surface area contributed by atoms with E-state index in [1.165, 1.54) is 17.4 Å². The number of nitrogens with two attached hydrogens (primary N) is 1. The lowest BCUT2D eigenvalue weighted by molar-refractivity contribution is -0.144. The first kappa shape index (κ1) is 25.3. The van der Waals surface area contributed by atoms with E-state index in [1.54, 1.807) is 0 Å². The predicted octanol–water partition coefficient (Wildman–Crippen LogP) is 6.94. The lowest BCUT2D eigenvalue weighted by atomic mass is 9.82. The summed E-state index contributed by atoms with van der Waals surface area (Å²) >= 11 is 1.28. The molecule has 0 aliphatic rings. The van der Waals surface area contributed by atoms with Gasteiger partial charge < -0.3 is 10.8 Å². The third-order valence-electron chi connectivity index (χ3n) is 5.48. The number of benzene rings is 1. The van der Waals surface area contributed by atoms with Crippen LogP contribution in [0.3, 0.4) is 0 Å². The molecule has 1 atom stereocenters. The Morgan fingerprint density at radius 2 is 1.81 bits per heavy atom. The summed E-state index contributed by atoms with van der Waals surface area (Å²) in [6, 6.07) is 3.15. The minimum atomic E-state index is -4.60. The predicted molar refractivity (Wildman–Crippen MR) is 118 cm³/mol. The van der Waals surface area contributed by atoms with Crippen molar-refractivity contribution >= 4 is 17.3 Å². The largest absolute Gasteiger partial charge is 0.480 e. The zero-order chi connectivity index (χ0) is 23.2. The molecule has 4 nitrogen and oxygen atoms in total. The van der Waals surface area contributed by atoms with Crippen LogP contribution in [0, 0.1) is 0 Å². The fraction of sp³-hybridized carbons (Fsp3) is 0.565. The molecule has 1 unspecified atom stereocenters. The molecule has 31 heavy (non-hydrogen) atoms. The number of carboxylic acid groups (broad SMARTS) is 1. The van der Waals surface area contributed by atoms with E-state index in [0.29, 0.717) is 17.0 Å². The van der Waals surface area contributed by atoms with Crippen LogP contribution in [0.5, 0.6) is 0 Å². The summed E-state index contributed by atoms with van der Waals surface area (Å²) in [5.74, 6) is -1.18. The quantitative estimate of drug-likeness (QED) is 0.359. The molecule has 0 radical (unpaired) electrons. The number of aromatic nitrogens is 1. The normalized spacial score (nSPS) is 14.1. The molecule has 2 aromatic rings. The van der Waals surface area contributed by atoms with Crippen LogP contribution in [0.15, 0.2) is 23.6 Å². The Labute approximate surface area is 185 Å². The fourth-order valence-electron chi connectivity index (χ4n) is 3.49. The molecule has 0 bridgehead atoms. The highest BCUT2D eigenvalue weighted by molar-refractivity contribution is 7.13. The number of aliphatic carboxylic acids is 1. The van der Waals surface area contributed by atoms with Crippen molar-refractivity contribution < 1.29 is 23.1 Å². The molecule has 0 aliphatic carbocycles. The molecule has 172 valence electrons. The van der Waals surface area contributed by atoms with Crippen LogP contribution in [0.2, 0.25) is 0 Å². The average Bonchev–Trinajstić information content (AvgIpc) is 3.19. The molecule has 1 aromatic carbocycles. The van der Waals surface area contributed by atoms with Gasteiger partial charge in [-0.15, -0.1) is 11.3 Å². The molecular formula is C23H31F3N2O2S. The maximum atomic E-state index is 13.4. The van der Waals surface area contributed by atoms with E-state index in [-0.39, 0.29) is 17.9 Å². The molecule has 1 heterocycles. The minimum absolute atomic E-state index is 0.0342. The van der Waals surface area contributed by atoms with Gasteiger partial charge in [0.15, 0.2) is 0 Å². The monoisotopic (exact) mass is 456 g/mol. The number of hydrogen-bond donors (Lipinski definition) is 2. The van der Waals surface area contributed by atoms with E-state index in [1.807, 2.05) is 19.2 Å². The van der Waals surface area contributed by atoms with Crippen LogP contribution in [-0.2, 0) is 16.5 Å². The number of carbonyl (C=O) groups is 1. The van der Waals surface area contributed by atoms with Gasteiger partial charge in [-0.25, -0.2) is 9.78 Å². The highest BCUT2D eigenvalue weighted by Gasteiger charge is 2.40. The van der Waals surface area contributed by atoms with Crippen LogP contribution < -0.4 is 5.73 Å². The molecule has 0 aliphatic heterocycles. The van der Waals surface area contributed by atoms with E-state index in [2.05, 4.69) is 11.9 Å². The SMILES string of the molecule is CCCCCCCCC(N)(C(=O)O)c1cc(C(F)(F)F)ccc1-c1nc(C(C)C)cs1. The first-order chi connectivity index (χ1) is 14.5. The summed E-state index contributed by atoms with van der Waals surface area (Å²) in [6.07, 6.45) is 0.968. The zero-order valence-corrected chi connectivity index (χ0v) is 19.1. The highest BCUT2D eigenvalue weighted by Crippen LogP contribution is 2.40. The minimum Gasteiger partial charge on any atom is -0.480 e. The molecule has 0 saturated heterocycles. The van der Waals surface area contributed by atoms with E-state index in [0.717, 1.165) is 49.9 Å². The van der Waals surface area contributed by atoms with Gasteiger partial charge >= 0.3 is 12.1 Å². The Kier molecular flexibility index (Phi) is 8.65. The lowest BCUT2D eigenvalue weighted by Gasteiger charge is -2.28. The summed E-state index contributed by atoms with van der Waals surface area (Å²) < 4.78 is 40.3. The van der Waals surface area contributed by atoms with E-state index >= 15 is 0 Å². The second kappa shape index (κ2) is 10.6. The molecule has 0 amide bonds. The van der Waals surface area contributed by atoms with Gasteiger partial charge in [-0.3, -0.25) is 0 Å². The van der Waals surface area contributed by atoms with Gasteiger partial charge in [0.1, 0.15) is 10.5 Å². The Bertz CT molecular complexity index is 880. The van der Waals surface area contributed by atoms with E-state index < -0.39 is 23.2 Å². The summed E-state index contributed by atoms with van der Waals surface area (Å²) in [5, 5.41) is 12.3. The zero-order valence-electron chi connectivity index (χ0n) is 18.3. The van der Waals surface area contributed by atoms with Crippen LogP contribution >= 0.6 is 11.3 Å². The molecule has 0 fully saturated rings. The number of thiazole rings is 1. The van der Waals surface area contributed by atoms with Gasteiger partial charge in [0.25, 0.3) is 0 Å². The van der Waals surface area contributed by atoms with Crippen LogP contribution in [0.4, 0.5) is 13.2 Å². The van der Waals surface area contributed by atoms with Crippen LogP contribution in [-0.4, -0.2) is 16.1 Å². The molecule has 2 rings (SSSR count). The number of unbranched alkanes of at least 4 members (excludes halogenated alkanes) is 5. The number of halogens is 3. The van der Waals surface area contributed by atoms with Crippen molar-refractivity contribution in [2.24, 2.45) is 5.73 Å². The molecule has 0 saturated carbocycles. The second-order valence-electron chi connectivity index (χ2n) is 8.28. The summed E-state index contributed by atoms with van der Waals surface area (Å²) in [4.78, 5) is 16.7. The van der Waals surface area contributed by atoms with Crippen molar-refractivity contribution in [1.29, 1.82) is 0 Å². The Morgan fingerprint density at radius 1 is 1.16 bits per heavy atom. The fourth-order valence-corrected chi connectivity index (χ4v) is 4.51. The summed E-state index contributed by atoms with van der Waals surface area (Å²) in [7, 11) is 0. The standard InChI is InChI=1S/C23H31F3N2O2S/c1-4-5-6-7-8-9-12-22(27,21(29)30)18-13-16(23(24,25)26)10-11-17(18)20-28-19(14-31-20)15(2)3/h10-11,13-15H,4-9,12,27H2,1-3H3,(H,29,30). The smallest absolute Gasteiger partial charge is 0.416 e. The highest BCUT2D eigenvalue weighted by atomic mass is 32.1. The second-order valence-corrected chi connectivity index (χ2v) is 9.14. The summed E-state index contributed by atoms with van der Waals surface area (Å²) in [6.45, 7) is 6.04. The van der Waals surface area contributed by atoms with Crippen LogP contribution in [0.25, 0.3) is 10.6 Å². The van der Waals surface area contributed by atoms with Crippen molar-refractivity contribution in [3.8, 4) is 10.6 Å². The third kappa shape index (κ3) is 6.29. The van der Waals surface area contributed by atoms with E-state index in [9.17, 15) is 23.1 Å². The van der Waals surface area contributed by atoms with Crippen molar-refractivity contribution in [1.82, 2.24) is 4.98 Å². The van der Waals surface area contributed by atoms with Crippen LogP contribution in [0.1, 0.15) is 88.5 Å². The van der Waals surface area contributed by atoms with Crippen molar-refractivity contribution in [2.45, 2.75) is 83.4 Å².